The summed E-state index contributed by atoms with van der Waals surface area (Å²) in [5, 5.41) is 12.3. The Kier molecular flexibility index (Phi) is 6.28. The van der Waals surface area contributed by atoms with Crippen LogP contribution in [0.5, 0.6) is 0 Å². The summed E-state index contributed by atoms with van der Waals surface area (Å²) in [6, 6.07) is 17.6. The maximum absolute atomic E-state index is 14.8. The fraction of sp³-hybridized carbons (Fsp3) is 0.500. The van der Waals surface area contributed by atoms with Gasteiger partial charge in [0.1, 0.15) is 13.0 Å². The van der Waals surface area contributed by atoms with Gasteiger partial charge in [-0.3, -0.25) is 0 Å². The number of aliphatic hydroxyl groups excluding tert-OH is 1. The summed E-state index contributed by atoms with van der Waals surface area (Å²) in [4.78, 5) is 0. The van der Waals surface area contributed by atoms with Gasteiger partial charge in [-0.15, -0.1) is 0 Å². The molecular weight excluding hydrogens is 351 g/mol. The number of aliphatic hydroxyl groups is 1. The van der Waals surface area contributed by atoms with Crippen LogP contribution in [0.1, 0.15) is 57.0 Å². The second-order valence-electron chi connectivity index (χ2n) is 8.72. The highest BCUT2D eigenvalue weighted by Gasteiger charge is 2.48. The zero-order valence-electron chi connectivity index (χ0n) is 17.0. The molecule has 0 saturated heterocycles. The van der Waals surface area contributed by atoms with Crippen molar-refractivity contribution in [1.82, 2.24) is 0 Å². The van der Waals surface area contributed by atoms with E-state index < -0.39 is 13.0 Å². The lowest BCUT2D eigenvalue weighted by Crippen LogP contribution is -2.36. The van der Waals surface area contributed by atoms with Crippen molar-refractivity contribution in [1.29, 1.82) is 0 Å². The quantitative estimate of drug-likeness (QED) is 0.629. The number of benzene rings is 2. The molecular formula is C24H33O2P. The Hall–Kier alpha value is -1.37. The predicted octanol–water partition coefficient (Wildman–Crippen LogP) is 6.14. The van der Waals surface area contributed by atoms with Crippen molar-refractivity contribution in [2.24, 2.45) is 17.8 Å². The van der Waals surface area contributed by atoms with E-state index in [0.717, 1.165) is 29.3 Å². The van der Waals surface area contributed by atoms with Crippen LogP contribution in [0, 0.1) is 24.7 Å². The molecule has 1 saturated carbocycles. The smallest absolute Gasteiger partial charge is 0.150 e. The van der Waals surface area contributed by atoms with E-state index in [0.29, 0.717) is 17.8 Å². The lowest BCUT2D eigenvalue weighted by molar-refractivity contribution is 0.215. The minimum atomic E-state index is -3.07. The third kappa shape index (κ3) is 4.08. The number of hydrogen-bond acceptors (Lipinski definition) is 2. The second-order valence-corrected chi connectivity index (χ2v) is 11.8. The van der Waals surface area contributed by atoms with E-state index in [1.165, 1.54) is 6.42 Å². The average Bonchev–Trinajstić information content (AvgIpc) is 2.67. The third-order valence-electron chi connectivity index (χ3n) is 6.38. The number of hydrogen-bond donors (Lipinski definition) is 1. The zero-order valence-corrected chi connectivity index (χ0v) is 17.9. The molecule has 1 unspecified atom stereocenters. The largest absolute Gasteiger partial charge is 0.380 e. The Morgan fingerprint density at radius 3 is 2.22 bits per heavy atom. The molecule has 0 aromatic heterocycles. The van der Waals surface area contributed by atoms with Crippen LogP contribution in [-0.4, -0.2) is 10.8 Å². The highest BCUT2D eigenvalue weighted by atomic mass is 31.2. The fourth-order valence-corrected chi connectivity index (χ4v) is 8.74. The molecule has 1 aliphatic carbocycles. The molecule has 1 aliphatic rings. The summed E-state index contributed by atoms with van der Waals surface area (Å²) in [5.74, 6) is 0.446. The molecule has 5 atom stereocenters. The van der Waals surface area contributed by atoms with Gasteiger partial charge >= 0.3 is 0 Å². The summed E-state index contributed by atoms with van der Waals surface area (Å²) in [6.07, 6.45) is 3.22. The molecule has 3 heteroatoms. The van der Waals surface area contributed by atoms with E-state index in [1.807, 2.05) is 61.5 Å². The zero-order chi connectivity index (χ0) is 19.6. The van der Waals surface area contributed by atoms with Crippen LogP contribution < -0.4 is 5.30 Å². The van der Waals surface area contributed by atoms with Gasteiger partial charge in [0.05, 0.1) is 0 Å². The molecule has 0 heterocycles. The summed E-state index contributed by atoms with van der Waals surface area (Å²) in [7, 11) is -3.07. The molecule has 2 aromatic carbocycles. The van der Waals surface area contributed by atoms with Crippen molar-refractivity contribution in [2.75, 3.05) is 0 Å². The second kappa shape index (κ2) is 8.33. The van der Waals surface area contributed by atoms with E-state index in [-0.39, 0.29) is 5.66 Å². The first-order chi connectivity index (χ1) is 12.8. The molecule has 27 heavy (non-hydrogen) atoms. The highest BCUT2D eigenvalue weighted by Crippen LogP contribution is 2.66. The topological polar surface area (TPSA) is 37.3 Å². The van der Waals surface area contributed by atoms with Crippen molar-refractivity contribution in [3.63, 3.8) is 0 Å². The van der Waals surface area contributed by atoms with E-state index in [2.05, 4.69) is 20.8 Å². The van der Waals surface area contributed by atoms with Crippen LogP contribution in [0.2, 0.25) is 0 Å². The number of rotatable bonds is 5. The Morgan fingerprint density at radius 1 is 1.00 bits per heavy atom. The first kappa shape index (κ1) is 20.4. The van der Waals surface area contributed by atoms with Gasteiger partial charge in [0, 0.05) is 11.0 Å². The minimum absolute atomic E-state index is 0.0277. The Bertz CT molecular complexity index is 782. The van der Waals surface area contributed by atoms with Gasteiger partial charge in [0.15, 0.2) is 0 Å². The van der Waals surface area contributed by atoms with Crippen molar-refractivity contribution < 1.29 is 9.67 Å². The first-order valence-electron chi connectivity index (χ1n) is 10.2. The molecule has 0 spiro atoms. The molecule has 0 bridgehead atoms. The van der Waals surface area contributed by atoms with Gasteiger partial charge in [-0.25, -0.2) is 0 Å². The summed E-state index contributed by atoms with van der Waals surface area (Å²) < 4.78 is 14.8. The van der Waals surface area contributed by atoms with Crippen LogP contribution in [-0.2, 0) is 4.57 Å². The monoisotopic (exact) mass is 384 g/mol. The normalized spacial score (nSPS) is 26.5. The van der Waals surface area contributed by atoms with Gasteiger partial charge in [0.2, 0.25) is 0 Å². The SMILES string of the molecule is Cc1ccc([C@@H](O)P(=O)(c2ccccc2)[C@@H]2C[C@H](C)CC[C@H]2C(C)C)cc1. The van der Waals surface area contributed by atoms with E-state index in [9.17, 15) is 9.67 Å². The summed E-state index contributed by atoms with van der Waals surface area (Å²) in [5.41, 5.74) is 1.94. The van der Waals surface area contributed by atoms with Crippen molar-refractivity contribution in [2.45, 2.75) is 58.5 Å². The molecule has 146 valence electrons. The Morgan fingerprint density at radius 2 is 1.63 bits per heavy atom. The fourth-order valence-electron chi connectivity index (χ4n) is 4.73. The predicted molar refractivity (Wildman–Crippen MR) is 115 cm³/mol. The summed E-state index contributed by atoms with van der Waals surface area (Å²) >= 11 is 0. The first-order valence-corrected chi connectivity index (χ1v) is 12.1. The van der Waals surface area contributed by atoms with Crippen molar-refractivity contribution >= 4 is 12.4 Å². The molecule has 0 radical (unpaired) electrons. The van der Waals surface area contributed by atoms with Gasteiger partial charge in [-0.2, -0.15) is 0 Å². The Balaban J connectivity index is 2.12. The maximum Gasteiger partial charge on any atom is 0.150 e. The van der Waals surface area contributed by atoms with Crippen molar-refractivity contribution in [3.8, 4) is 0 Å². The number of aryl methyl sites for hydroxylation is 1. The van der Waals surface area contributed by atoms with Crippen LogP contribution in [0.15, 0.2) is 54.6 Å². The molecule has 0 amide bonds. The average molecular weight is 385 g/mol. The minimum Gasteiger partial charge on any atom is -0.380 e. The molecule has 1 N–H and O–H groups in total. The van der Waals surface area contributed by atoms with Crippen LogP contribution >= 0.6 is 7.14 Å². The van der Waals surface area contributed by atoms with Crippen LogP contribution in [0.25, 0.3) is 0 Å². The van der Waals surface area contributed by atoms with Gasteiger partial charge in [-0.1, -0.05) is 87.4 Å². The molecule has 3 rings (SSSR count). The van der Waals surface area contributed by atoms with E-state index >= 15 is 0 Å². The Labute approximate surface area is 164 Å². The van der Waals surface area contributed by atoms with Crippen LogP contribution in [0.4, 0.5) is 0 Å². The molecule has 0 aliphatic heterocycles. The molecule has 2 nitrogen and oxygen atoms in total. The van der Waals surface area contributed by atoms with Gasteiger partial charge < -0.3 is 9.67 Å². The lowest BCUT2D eigenvalue weighted by atomic mass is 9.77. The van der Waals surface area contributed by atoms with Crippen LogP contribution in [0.3, 0.4) is 0 Å². The molecule has 2 aromatic rings. The van der Waals surface area contributed by atoms with E-state index in [1.54, 1.807) is 0 Å². The maximum atomic E-state index is 14.8. The standard InChI is InChI=1S/C24H33O2P/c1-17(2)22-15-12-19(4)16-23(22)27(26,21-8-6-5-7-9-21)24(25)20-13-10-18(3)11-14-20/h5-11,13-14,17,19,22-25H,12,15-16H2,1-4H3/t19-,22+,23-,24+,27?/m1/s1. The lowest BCUT2D eigenvalue weighted by Gasteiger charge is -2.43. The van der Waals surface area contributed by atoms with Crippen molar-refractivity contribution in [3.05, 3.63) is 65.7 Å². The van der Waals surface area contributed by atoms with Gasteiger partial charge in [0.25, 0.3) is 0 Å². The highest BCUT2D eigenvalue weighted by molar-refractivity contribution is 7.72. The van der Waals surface area contributed by atoms with Gasteiger partial charge in [-0.05, 0) is 43.1 Å². The molecule has 1 fully saturated rings. The van der Waals surface area contributed by atoms with E-state index in [4.69, 9.17) is 0 Å². The third-order valence-corrected chi connectivity index (χ3v) is 10.1. The summed E-state index contributed by atoms with van der Waals surface area (Å²) in [6.45, 7) is 8.77.